The average Bonchev–Trinajstić information content (AvgIpc) is 3.01. The zero-order valence-corrected chi connectivity index (χ0v) is 14.8. The number of nitrogens with one attached hydrogen (secondary N) is 3. The molecule has 0 bridgehead atoms. The number of hydrogen-bond donors (Lipinski definition) is 3. The third-order valence-corrected chi connectivity index (χ3v) is 3.40. The summed E-state index contributed by atoms with van der Waals surface area (Å²) in [5.74, 6) is -1.51. The number of carbonyl (C=O) groups is 3. The molecule has 27 heavy (non-hydrogen) atoms. The molecular formula is C18H18N4O5. The van der Waals surface area contributed by atoms with Gasteiger partial charge in [-0.15, -0.1) is 0 Å². The van der Waals surface area contributed by atoms with Crippen molar-refractivity contribution in [3.63, 3.8) is 0 Å². The average molecular weight is 370 g/mol. The monoisotopic (exact) mass is 370 g/mol. The van der Waals surface area contributed by atoms with Gasteiger partial charge in [0, 0.05) is 17.1 Å². The number of amides is 2. The van der Waals surface area contributed by atoms with Crippen LogP contribution in [0, 0.1) is 11.3 Å². The van der Waals surface area contributed by atoms with Crippen molar-refractivity contribution in [1.82, 2.24) is 10.3 Å². The molecule has 0 saturated heterocycles. The van der Waals surface area contributed by atoms with Gasteiger partial charge in [-0.25, -0.2) is 9.59 Å². The number of esters is 1. The Bertz CT molecular complexity index is 939. The van der Waals surface area contributed by atoms with Gasteiger partial charge in [0.2, 0.25) is 0 Å². The summed E-state index contributed by atoms with van der Waals surface area (Å²) >= 11 is 0. The van der Waals surface area contributed by atoms with Gasteiger partial charge >= 0.3 is 12.1 Å². The third-order valence-electron chi connectivity index (χ3n) is 3.40. The number of aromatic nitrogens is 1. The Morgan fingerprint density at radius 3 is 2.56 bits per heavy atom. The molecule has 0 aliphatic heterocycles. The van der Waals surface area contributed by atoms with Gasteiger partial charge in [-0.05, 0) is 19.9 Å². The van der Waals surface area contributed by atoms with E-state index in [4.69, 9.17) is 4.74 Å². The normalized spacial score (nSPS) is 10.8. The van der Waals surface area contributed by atoms with E-state index in [0.29, 0.717) is 16.6 Å². The fourth-order valence-corrected chi connectivity index (χ4v) is 2.27. The number of imide groups is 1. The van der Waals surface area contributed by atoms with Gasteiger partial charge in [-0.3, -0.25) is 10.1 Å². The standard InChI is InChI=1S/C18H18N4O5/c1-3-26-17(24)15-14(12-7-5-6-8-13(12)21-15)20-10-11(9-19)16(23)22-18(25)27-4-2/h5-8,10,20-21H,3-4H2,1-2H3,(H,22,23,25)/b11-10+. The molecule has 9 nitrogen and oxygen atoms in total. The van der Waals surface area contributed by atoms with Crippen molar-refractivity contribution in [2.45, 2.75) is 13.8 Å². The van der Waals surface area contributed by atoms with Crippen molar-refractivity contribution < 1.29 is 23.9 Å². The van der Waals surface area contributed by atoms with Gasteiger partial charge in [-0.1, -0.05) is 18.2 Å². The number of carbonyl (C=O) groups excluding carboxylic acids is 3. The number of alkyl carbamates (subject to hydrolysis) is 1. The number of H-pyrrole nitrogens is 1. The molecule has 0 unspecified atom stereocenters. The van der Waals surface area contributed by atoms with Crippen LogP contribution in [0.4, 0.5) is 10.5 Å². The minimum Gasteiger partial charge on any atom is -0.461 e. The molecule has 0 fully saturated rings. The number of nitrogens with zero attached hydrogens (tertiary/aromatic N) is 1. The lowest BCUT2D eigenvalue weighted by molar-refractivity contribution is -0.116. The first-order chi connectivity index (χ1) is 13.0. The SMILES string of the molecule is CCOC(=O)NC(=O)/C(C#N)=C/Nc1c(C(=O)OCC)[nH]c2ccccc12. The van der Waals surface area contributed by atoms with Gasteiger partial charge in [0.15, 0.2) is 0 Å². The van der Waals surface area contributed by atoms with E-state index in [1.54, 1.807) is 44.2 Å². The van der Waals surface area contributed by atoms with Crippen molar-refractivity contribution in [2.75, 3.05) is 18.5 Å². The number of hydrogen-bond acceptors (Lipinski definition) is 7. The molecule has 1 aromatic heterocycles. The lowest BCUT2D eigenvalue weighted by Gasteiger charge is -2.06. The summed E-state index contributed by atoms with van der Waals surface area (Å²) in [4.78, 5) is 38.4. The second kappa shape index (κ2) is 9.05. The first-order valence-corrected chi connectivity index (χ1v) is 8.14. The summed E-state index contributed by atoms with van der Waals surface area (Å²) in [5.41, 5.74) is 0.798. The van der Waals surface area contributed by atoms with Crippen LogP contribution in [0.3, 0.4) is 0 Å². The molecule has 2 amide bonds. The van der Waals surface area contributed by atoms with E-state index in [1.165, 1.54) is 0 Å². The highest BCUT2D eigenvalue weighted by atomic mass is 16.5. The number of aromatic amines is 1. The van der Waals surface area contributed by atoms with Crippen LogP contribution in [-0.4, -0.2) is 36.2 Å². The Labute approximate surface area is 154 Å². The van der Waals surface area contributed by atoms with E-state index < -0.39 is 18.0 Å². The summed E-state index contributed by atoms with van der Waals surface area (Å²) in [6.45, 7) is 3.54. The Hall–Kier alpha value is -3.80. The fraction of sp³-hybridized carbons (Fsp3) is 0.222. The smallest absolute Gasteiger partial charge is 0.414 e. The first kappa shape index (κ1) is 19.5. The molecule has 140 valence electrons. The van der Waals surface area contributed by atoms with E-state index in [9.17, 15) is 19.6 Å². The van der Waals surface area contributed by atoms with Crippen molar-refractivity contribution >= 4 is 34.6 Å². The summed E-state index contributed by atoms with van der Waals surface area (Å²) in [7, 11) is 0. The van der Waals surface area contributed by atoms with Crippen molar-refractivity contribution in [2.24, 2.45) is 0 Å². The quantitative estimate of drug-likeness (QED) is 0.404. The lowest BCUT2D eigenvalue weighted by atomic mass is 10.2. The van der Waals surface area contributed by atoms with Gasteiger partial charge in [0.1, 0.15) is 17.3 Å². The van der Waals surface area contributed by atoms with Gasteiger partial charge in [0.05, 0.1) is 18.9 Å². The van der Waals surface area contributed by atoms with Crippen molar-refractivity contribution in [3.05, 3.63) is 41.7 Å². The predicted molar refractivity (Wildman–Crippen MR) is 96.7 cm³/mol. The molecule has 0 aliphatic carbocycles. The van der Waals surface area contributed by atoms with Crippen LogP contribution in [0.15, 0.2) is 36.0 Å². The van der Waals surface area contributed by atoms with E-state index >= 15 is 0 Å². The van der Waals surface area contributed by atoms with Crippen molar-refractivity contribution in [1.29, 1.82) is 5.26 Å². The topological polar surface area (TPSA) is 133 Å². The summed E-state index contributed by atoms with van der Waals surface area (Å²) in [5, 5.41) is 14.5. The summed E-state index contributed by atoms with van der Waals surface area (Å²) < 4.78 is 9.62. The molecule has 1 heterocycles. The van der Waals surface area contributed by atoms with E-state index in [2.05, 4.69) is 15.0 Å². The summed E-state index contributed by atoms with van der Waals surface area (Å²) in [6, 6.07) is 8.78. The number of rotatable bonds is 6. The van der Waals surface area contributed by atoms with Crippen LogP contribution in [0.1, 0.15) is 24.3 Å². The maximum atomic E-state index is 12.2. The predicted octanol–water partition coefficient (Wildman–Crippen LogP) is 2.44. The minimum atomic E-state index is -0.956. The fourth-order valence-electron chi connectivity index (χ4n) is 2.27. The Morgan fingerprint density at radius 1 is 1.19 bits per heavy atom. The van der Waals surface area contributed by atoms with E-state index in [1.807, 2.05) is 5.32 Å². The molecule has 2 aromatic rings. The van der Waals surface area contributed by atoms with E-state index in [-0.39, 0.29) is 24.5 Å². The Morgan fingerprint density at radius 2 is 1.89 bits per heavy atom. The van der Waals surface area contributed by atoms with Crippen LogP contribution < -0.4 is 10.6 Å². The molecule has 1 aromatic carbocycles. The van der Waals surface area contributed by atoms with Crippen LogP contribution in [0.5, 0.6) is 0 Å². The van der Waals surface area contributed by atoms with Gasteiger partial charge in [0.25, 0.3) is 5.91 Å². The molecule has 3 N–H and O–H groups in total. The van der Waals surface area contributed by atoms with Crippen LogP contribution in [-0.2, 0) is 14.3 Å². The Kier molecular flexibility index (Phi) is 6.55. The minimum absolute atomic E-state index is 0.0845. The molecule has 0 aliphatic rings. The molecule has 2 rings (SSSR count). The van der Waals surface area contributed by atoms with Crippen LogP contribution >= 0.6 is 0 Å². The lowest BCUT2D eigenvalue weighted by Crippen LogP contribution is -2.32. The molecule has 0 atom stereocenters. The number of anilines is 1. The molecule has 0 saturated carbocycles. The van der Waals surface area contributed by atoms with Crippen LogP contribution in [0.25, 0.3) is 10.9 Å². The molecule has 0 radical (unpaired) electrons. The van der Waals surface area contributed by atoms with Crippen LogP contribution in [0.2, 0.25) is 0 Å². The van der Waals surface area contributed by atoms with Gasteiger partial charge in [-0.2, -0.15) is 5.26 Å². The number of para-hydroxylation sites is 1. The Balaban J connectivity index is 2.33. The largest absolute Gasteiger partial charge is 0.461 e. The second-order valence-electron chi connectivity index (χ2n) is 5.13. The highest BCUT2D eigenvalue weighted by molar-refractivity contribution is 6.08. The number of ether oxygens (including phenoxy) is 2. The number of benzene rings is 1. The molecular weight excluding hydrogens is 352 g/mol. The maximum absolute atomic E-state index is 12.2. The zero-order chi connectivity index (χ0) is 19.8. The third kappa shape index (κ3) is 4.64. The van der Waals surface area contributed by atoms with Gasteiger partial charge < -0.3 is 19.8 Å². The summed E-state index contributed by atoms with van der Waals surface area (Å²) in [6.07, 6.45) is 0.148. The second-order valence-corrected chi connectivity index (χ2v) is 5.13. The highest BCUT2D eigenvalue weighted by Gasteiger charge is 2.19. The van der Waals surface area contributed by atoms with E-state index in [0.717, 1.165) is 6.20 Å². The molecule has 9 heteroatoms. The zero-order valence-electron chi connectivity index (χ0n) is 14.8. The highest BCUT2D eigenvalue weighted by Crippen LogP contribution is 2.28. The maximum Gasteiger partial charge on any atom is 0.414 e. The molecule has 0 spiro atoms. The van der Waals surface area contributed by atoms with Crippen molar-refractivity contribution in [3.8, 4) is 6.07 Å². The first-order valence-electron chi connectivity index (χ1n) is 8.14. The number of fused-ring (bicyclic) bond motifs is 1. The number of nitriles is 1.